The fraction of sp³-hybridized carbons (Fsp3) is 0.481. The number of anilines is 1. The Kier molecular flexibility index (Phi) is 9.52. The number of amides is 1. The molecular formula is C27H32Cl2N4O4S2. The van der Waals surface area contributed by atoms with E-state index >= 15 is 0 Å². The maximum Gasteiger partial charge on any atom is 0.341 e. The molecule has 2 heterocycles. The number of ether oxygens (including phenoxy) is 2. The van der Waals surface area contributed by atoms with Crippen molar-refractivity contribution < 1.29 is 19.1 Å². The molecule has 0 fully saturated rings. The molecule has 0 spiro atoms. The van der Waals surface area contributed by atoms with Crippen molar-refractivity contribution in [2.24, 2.45) is 18.4 Å². The first-order valence-electron chi connectivity index (χ1n) is 12.7. The molecule has 1 atom stereocenters. The van der Waals surface area contributed by atoms with Crippen LogP contribution in [0.4, 0.5) is 5.00 Å². The van der Waals surface area contributed by atoms with Gasteiger partial charge in [-0.1, -0.05) is 55.7 Å². The average molecular weight is 612 g/mol. The van der Waals surface area contributed by atoms with Crippen LogP contribution >= 0.6 is 46.3 Å². The normalized spacial score (nSPS) is 15.1. The molecule has 0 unspecified atom stereocenters. The highest BCUT2D eigenvalue weighted by molar-refractivity contribution is 7.99. The van der Waals surface area contributed by atoms with E-state index in [9.17, 15) is 9.59 Å². The van der Waals surface area contributed by atoms with Crippen molar-refractivity contribution in [3.05, 3.63) is 50.1 Å². The van der Waals surface area contributed by atoms with Gasteiger partial charge in [0, 0.05) is 16.9 Å². The van der Waals surface area contributed by atoms with Gasteiger partial charge in [0.25, 0.3) is 0 Å². The van der Waals surface area contributed by atoms with E-state index in [0.717, 1.165) is 29.7 Å². The maximum atomic E-state index is 13.0. The lowest BCUT2D eigenvalue weighted by atomic mass is 9.72. The molecule has 1 aliphatic carbocycles. The van der Waals surface area contributed by atoms with Gasteiger partial charge in [-0.25, -0.2) is 4.79 Å². The lowest BCUT2D eigenvalue weighted by molar-refractivity contribution is -0.113. The Hall–Kier alpha value is -2.27. The zero-order valence-electron chi connectivity index (χ0n) is 22.6. The van der Waals surface area contributed by atoms with Gasteiger partial charge < -0.3 is 19.4 Å². The standard InChI is InChI=1S/C27H32Cl2N4O4S2/c1-6-36-25(35)23-17-9-7-15(27(2,3)4)11-20(17)39-24(23)30-22(34)14-38-26-32-31-21(33(26)5)13-37-19-10-8-16(28)12-18(19)29/h8,10,12,15H,6-7,9,11,13-14H2,1-5H3,(H,30,34)/t15-/m0/s1. The summed E-state index contributed by atoms with van der Waals surface area (Å²) in [6, 6.07) is 4.99. The van der Waals surface area contributed by atoms with Gasteiger partial charge in [0.1, 0.15) is 17.4 Å². The van der Waals surface area contributed by atoms with Crippen LogP contribution in [0.3, 0.4) is 0 Å². The molecule has 1 aliphatic rings. The van der Waals surface area contributed by atoms with Crippen LogP contribution in [0.5, 0.6) is 5.75 Å². The highest BCUT2D eigenvalue weighted by Gasteiger charge is 2.34. The third-order valence-electron chi connectivity index (χ3n) is 6.73. The molecule has 4 rings (SSSR count). The Bertz CT molecular complexity index is 1370. The summed E-state index contributed by atoms with van der Waals surface area (Å²) >= 11 is 14.8. The van der Waals surface area contributed by atoms with Gasteiger partial charge in [0.15, 0.2) is 11.0 Å². The summed E-state index contributed by atoms with van der Waals surface area (Å²) in [5.41, 5.74) is 1.69. The van der Waals surface area contributed by atoms with Crippen LogP contribution in [-0.4, -0.2) is 39.0 Å². The minimum atomic E-state index is -0.383. The van der Waals surface area contributed by atoms with E-state index in [1.165, 1.54) is 23.1 Å². The van der Waals surface area contributed by atoms with E-state index in [2.05, 4.69) is 36.3 Å². The maximum absolute atomic E-state index is 13.0. The van der Waals surface area contributed by atoms with E-state index < -0.39 is 0 Å². The second-order valence-corrected chi connectivity index (χ2v) is 13.3. The van der Waals surface area contributed by atoms with Crippen molar-refractivity contribution in [3.8, 4) is 5.75 Å². The molecule has 0 saturated heterocycles. The number of hydrogen-bond donors (Lipinski definition) is 1. The topological polar surface area (TPSA) is 95.3 Å². The Morgan fingerprint density at radius 3 is 2.72 bits per heavy atom. The number of benzene rings is 1. The lowest BCUT2D eigenvalue weighted by Crippen LogP contribution is -2.26. The van der Waals surface area contributed by atoms with Gasteiger partial charge in [-0.2, -0.15) is 0 Å². The second kappa shape index (κ2) is 12.5. The van der Waals surface area contributed by atoms with E-state index in [-0.39, 0.29) is 36.3 Å². The van der Waals surface area contributed by atoms with Crippen LogP contribution < -0.4 is 10.1 Å². The molecule has 0 bridgehead atoms. The quantitative estimate of drug-likeness (QED) is 0.210. The number of thiophene rings is 1. The summed E-state index contributed by atoms with van der Waals surface area (Å²) < 4.78 is 12.9. The fourth-order valence-electron chi connectivity index (χ4n) is 4.46. The second-order valence-electron chi connectivity index (χ2n) is 10.4. The average Bonchev–Trinajstić information content (AvgIpc) is 3.40. The Morgan fingerprint density at radius 2 is 2.03 bits per heavy atom. The SMILES string of the molecule is CCOC(=O)c1c(NC(=O)CSc2nnc(COc3ccc(Cl)cc3Cl)n2C)sc2c1CC[C@H](C(C)(C)C)C2. The first kappa shape index (κ1) is 29.7. The minimum Gasteiger partial charge on any atom is -0.484 e. The van der Waals surface area contributed by atoms with Crippen LogP contribution in [0.25, 0.3) is 0 Å². The number of thioether (sulfide) groups is 1. The third kappa shape index (κ3) is 7.09. The van der Waals surface area contributed by atoms with Gasteiger partial charge in [-0.15, -0.1) is 21.5 Å². The first-order chi connectivity index (χ1) is 18.5. The van der Waals surface area contributed by atoms with Crippen LogP contribution in [-0.2, 0) is 36.0 Å². The number of fused-ring (bicyclic) bond motifs is 1. The summed E-state index contributed by atoms with van der Waals surface area (Å²) in [5.74, 6) is 1.07. The number of carbonyl (C=O) groups is 2. The van der Waals surface area contributed by atoms with E-state index in [1.54, 1.807) is 36.7 Å². The van der Waals surface area contributed by atoms with Crippen LogP contribution in [0.2, 0.25) is 10.0 Å². The summed E-state index contributed by atoms with van der Waals surface area (Å²) in [7, 11) is 1.81. The number of nitrogens with zero attached hydrogens (tertiary/aromatic N) is 3. The van der Waals surface area contributed by atoms with Crippen molar-refractivity contribution in [3.63, 3.8) is 0 Å². The molecule has 2 aromatic heterocycles. The molecule has 0 aliphatic heterocycles. The van der Waals surface area contributed by atoms with Crippen LogP contribution in [0.15, 0.2) is 23.4 Å². The van der Waals surface area contributed by atoms with Crippen molar-refractivity contribution in [2.45, 2.75) is 58.7 Å². The molecule has 12 heteroatoms. The van der Waals surface area contributed by atoms with Crippen molar-refractivity contribution in [1.29, 1.82) is 0 Å². The lowest BCUT2D eigenvalue weighted by Gasteiger charge is -2.33. The molecule has 210 valence electrons. The highest BCUT2D eigenvalue weighted by atomic mass is 35.5. The van der Waals surface area contributed by atoms with E-state index in [4.69, 9.17) is 32.7 Å². The van der Waals surface area contributed by atoms with Crippen LogP contribution in [0.1, 0.15) is 60.7 Å². The third-order valence-corrected chi connectivity index (χ3v) is 9.45. The molecule has 39 heavy (non-hydrogen) atoms. The number of carbonyl (C=O) groups excluding carboxylic acids is 2. The van der Waals surface area contributed by atoms with Gasteiger partial charge in [0.2, 0.25) is 5.91 Å². The zero-order chi connectivity index (χ0) is 28.3. The smallest absolute Gasteiger partial charge is 0.341 e. The molecule has 8 nitrogen and oxygen atoms in total. The fourth-order valence-corrected chi connectivity index (χ4v) is 6.98. The molecule has 1 amide bonds. The predicted molar refractivity (Wildman–Crippen MR) is 156 cm³/mol. The number of aromatic nitrogens is 3. The molecule has 3 aromatic rings. The number of esters is 1. The van der Waals surface area contributed by atoms with Crippen LogP contribution in [0, 0.1) is 11.3 Å². The summed E-state index contributed by atoms with van der Waals surface area (Å²) in [6.07, 6.45) is 2.70. The summed E-state index contributed by atoms with van der Waals surface area (Å²) in [6.45, 7) is 8.96. The number of hydrogen-bond acceptors (Lipinski definition) is 8. The van der Waals surface area contributed by atoms with E-state index in [0.29, 0.717) is 43.3 Å². The van der Waals surface area contributed by atoms with Gasteiger partial charge in [-0.3, -0.25) is 4.79 Å². The predicted octanol–water partition coefficient (Wildman–Crippen LogP) is 6.82. The summed E-state index contributed by atoms with van der Waals surface area (Å²) in [5, 5.41) is 13.4. The monoisotopic (exact) mass is 610 g/mol. The minimum absolute atomic E-state index is 0.102. The van der Waals surface area contributed by atoms with Gasteiger partial charge in [0.05, 0.1) is 22.9 Å². The first-order valence-corrected chi connectivity index (χ1v) is 15.2. The molecule has 1 N–H and O–H groups in total. The van der Waals surface area contributed by atoms with Gasteiger partial charge in [-0.05, 0) is 61.3 Å². The highest BCUT2D eigenvalue weighted by Crippen LogP contribution is 2.44. The zero-order valence-corrected chi connectivity index (χ0v) is 25.7. The van der Waals surface area contributed by atoms with Gasteiger partial charge >= 0.3 is 5.97 Å². The molecular weight excluding hydrogens is 579 g/mol. The largest absolute Gasteiger partial charge is 0.484 e. The van der Waals surface area contributed by atoms with Crippen molar-refractivity contribution >= 4 is 63.2 Å². The van der Waals surface area contributed by atoms with Crippen molar-refractivity contribution in [2.75, 3.05) is 17.7 Å². The Labute approximate surface area is 246 Å². The molecule has 0 saturated carbocycles. The Balaban J connectivity index is 1.41. The number of rotatable bonds is 9. The molecule has 0 radical (unpaired) electrons. The Morgan fingerprint density at radius 1 is 1.26 bits per heavy atom. The molecule has 1 aromatic carbocycles. The number of halogens is 2. The number of nitrogens with one attached hydrogen (secondary N) is 1. The van der Waals surface area contributed by atoms with E-state index in [1.807, 2.05) is 0 Å². The summed E-state index contributed by atoms with van der Waals surface area (Å²) in [4.78, 5) is 27.0. The van der Waals surface area contributed by atoms with Crippen molar-refractivity contribution in [1.82, 2.24) is 14.8 Å².